The predicted octanol–water partition coefficient (Wildman–Crippen LogP) is 0.822. The van der Waals surface area contributed by atoms with Crippen LogP contribution in [0.5, 0.6) is 0 Å². The Balaban J connectivity index is 2.55. The number of aliphatic imine (C=N–C) groups is 1. The van der Waals surface area contributed by atoms with Gasteiger partial charge in [0.05, 0.1) is 19.2 Å². The summed E-state index contributed by atoms with van der Waals surface area (Å²) in [5.41, 5.74) is 2.54. The van der Waals surface area contributed by atoms with Gasteiger partial charge in [0.1, 0.15) is 5.01 Å². The van der Waals surface area contributed by atoms with E-state index in [9.17, 15) is 0 Å². The molecule has 1 aromatic rings. The normalized spacial score (nSPS) is 13.4. The average Bonchev–Trinajstić information content (AvgIpc) is 2.86. The van der Waals surface area contributed by atoms with Crippen molar-refractivity contribution < 1.29 is 4.74 Å². The van der Waals surface area contributed by atoms with Gasteiger partial charge in [-0.15, -0.1) is 11.3 Å². The fraction of sp³-hybridized carbons (Fsp3) is 0.636. The molecule has 0 saturated heterocycles. The van der Waals surface area contributed by atoms with E-state index in [1.165, 1.54) is 4.88 Å². The molecule has 0 saturated carbocycles. The number of nitrogens with zero attached hydrogens (tertiary/aromatic N) is 2. The third-order valence-electron chi connectivity index (χ3n) is 2.35. The third kappa shape index (κ3) is 4.59. The van der Waals surface area contributed by atoms with E-state index < -0.39 is 0 Å². The van der Waals surface area contributed by atoms with E-state index in [0.29, 0.717) is 19.1 Å². The second-order valence-electron chi connectivity index (χ2n) is 3.75. The van der Waals surface area contributed by atoms with Gasteiger partial charge in [-0.2, -0.15) is 0 Å². The van der Waals surface area contributed by atoms with Gasteiger partial charge in [-0.25, -0.2) is 15.8 Å². The van der Waals surface area contributed by atoms with Crippen molar-refractivity contribution in [3.05, 3.63) is 16.1 Å². The van der Waals surface area contributed by atoms with Gasteiger partial charge in [0.2, 0.25) is 5.96 Å². The molecule has 1 unspecified atom stereocenters. The number of hydrogen-bond acceptors (Lipinski definition) is 5. The second-order valence-corrected chi connectivity index (χ2v) is 4.90. The summed E-state index contributed by atoms with van der Waals surface area (Å²) in [5.74, 6) is 5.96. The van der Waals surface area contributed by atoms with Gasteiger partial charge >= 0.3 is 0 Å². The highest BCUT2D eigenvalue weighted by Gasteiger charge is 2.11. The van der Waals surface area contributed by atoms with E-state index >= 15 is 0 Å². The minimum absolute atomic E-state index is 0.0765. The van der Waals surface area contributed by atoms with Crippen molar-refractivity contribution >= 4 is 17.3 Å². The van der Waals surface area contributed by atoms with Gasteiger partial charge in [-0.3, -0.25) is 5.43 Å². The summed E-state index contributed by atoms with van der Waals surface area (Å²) < 4.78 is 4.93. The number of nitrogens with one attached hydrogen (secondary N) is 2. The zero-order valence-electron chi connectivity index (χ0n) is 11.1. The highest BCUT2D eigenvalue weighted by atomic mass is 32.1. The number of rotatable bonds is 6. The van der Waals surface area contributed by atoms with E-state index in [1.54, 1.807) is 18.4 Å². The Kier molecular flexibility index (Phi) is 6.63. The van der Waals surface area contributed by atoms with Crippen molar-refractivity contribution in [2.45, 2.75) is 26.3 Å². The Morgan fingerprint density at radius 3 is 3.00 bits per heavy atom. The van der Waals surface area contributed by atoms with E-state index in [0.717, 1.165) is 11.4 Å². The van der Waals surface area contributed by atoms with Gasteiger partial charge in [-0.05, 0) is 13.3 Å². The van der Waals surface area contributed by atoms with Crippen LogP contribution >= 0.6 is 11.3 Å². The molecule has 0 aliphatic carbocycles. The number of methoxy groups -OCH3 is 1. The summed E-state index contributed by atoms with van der Waals surface area (Å²) >= 11 is 1.70. The Labute approximate surface area is 112 Å². The molecule has 4 N–H and O–H groups in total. The van der Waals surface area contributed by atoms with Gasteiger partial charge in [0.15, 0.2) is 0 Å². The molecule has 1 heterocycles. The third-order valence-corrected chi connectivity index (χ3v) is 3.67. The number of nitrogens with two attached hydrogens (primary N) is 1. The molecule has 0 spiro atoms. The zero-order valence-corrected chi connectivity index (χ0v) is 11.9. The van der Waals surface area contributed by atoms with Crippen LogP contribution in [0.3, 0.4) is 0 Å². The molecule has 0 aliphatic rings. The molecule has 0 amide bonds. The van der Waals surface area contributed by atoms with Crippen molar-refractivity contribution in [1.82, 2.24) is 15.7 Å². The summed E-state index contributed by atoms with van der Waals surface area (Å²) in [6.07, 6.45) is 2.92. The van der Waals surface area contributed by atoms with Crippen LogP contribution in [0.4, 0.5) is 0 Å². The maximum absolute atomic E-state index is 5.41. The maximum atomic E-state index is 5.41. The van der Waals surface area contributed by atoms with Crippen molar-refractivity contribution in [3.8, 4) is 0 Å². The van der Waals surface area contributed by atoms with Crippen molar-refractivity contribution in [2.75, 3.05) is 20.3 Å². The van der Waals surface area contributed by atoms with Crippen LogP contribution < -0.4 is 16.6 Å². The molecule has 0 radical (unpaired) electrons. The topological polar surface area (TPSA) is 84.6 Å². The smallest absolute Gasteiger partial charge is 0.206 e. The Hall–Kier alpha value is -1.18. The van der Waals surface area contributed by atoms with Crippen molar-refractivity contribution in [2.24, 2.45) is 10.8 Å². The minimum atomic E-state index is 0.0765. The number of hydrogen-bond donors (Lipinski definition) is 3. The quantitative estimate of drug-likeness (QED) is 0.234. The molecule has 0 aromatic carbocycles. The number of guanidine groups is 1. The van der Waals surface area contributed by atoms with Crippen LogP contribution in [0.2, 0.25) is 0 Å². The molecule has 1 atom stereocenters. The minimum Gasteiger partial charge on any atom is -0.383 e. The number of thiazole rings is 1. The summed E-state index contributed by atoms with van der Waals surface area (Å²) in [5, 5.41) is 4.21. The molecular formula is C11H21N5OS. The monoisotopic (exact) mass is 271 g/mol. The SMILES string of the molecule is CCc1cnc(C(C)NC(=NCCOC)NN)s1. The average molecular weight is 271 g/mol. The highest BCUT2D eigenvalue weighted by Crippen LogP contribution is 2.19. The molecule has 0 fully saturated rings. The lowest BCUT2D eigenvalue weighted by atomic mass is 10.3. The Morgan fingerprint density at radius 1 is 1.67 bits per heavy atom. The first kappa shape index (κ1) is 14.9. The fourth-order valence-electron chi connectivity index (χ4n) is 1.33. The van der Waals surface area contributed by atoms with Gasteiger partial charge in [0, 0.05) is 18.2 Å². The first-order valence-corrected chi connectivity index (χ1v) is 6.74. The van der Waals surface area contributed by atoms with Crippen LogP contribution in [0.25, 0.3) is 0 Å². The van der Waals surface area contributed by atoms with Crippen LogP contribution in [0, 0.1) is 0 Å². The van der Waals surface area contributed by atoms with Gasteiger partial charge < -0.3 is 10.1 Å². The molecule has 102 valence electrons. The Bertz CT molecular complexity index is 379. The standard InChI is InChI=1S/C11H21N5OS/c1-4-9-7-14-10(18-9)8(2)15-11(16-12)13-5-6-17-3/h7-8H,4-6,12H2,1-3H3,(H2,13,15,16). The molecule has 1 aromatic heterocycles. The first-order chi connectivity index (χ1) is 8.71. The van der Waals surface area contributed by atoms with E-state index in [2.05, 4.69) is 27.6 Å². The fourth-order valence-corrected chi connectivity index (χ4v) is 2.19. The number of hydrazine groups is 1. The summed E-state index contributed by atoms with van der Waals surface area (Å²) in [6, 6.07) is 0.0765. The maximum Gasteiger partial charge on any atom is 0.206 e. The van der Waals surface area contributed by atoms with Crippen LogP contribution in [0.1, 0.15) is 29.8 Å². The van der Waals surface area contributed by atoms with Crippen molar-refractivity contribution in [1.29, 1.82) is 0 Å². The number of ether oxygens (including phenoxy) is 1. The molecular weight excluding hydrogens is 250 g/mol. The number of aryl methyl sites for hydroxylation is 1. The summed E-state index contributed by atoms with van der Waals surface area (Å²) in [7, 11) is 1.64. The van der Waals surface area contributed by atoms with Crippen molar-refractivity contribution in [3.63, 3.8) is 0 Å². The highest BCUT2D eigenvalue weighted by molar-refractivity contribution is 7.11. The molecule has 0 bridgehead atoms. The lowest BCUT2D eigenvalue weighted by Gasteiger charge is -2.14. The molecule has 1 rings (SSSR count). The predicted molar refractivity (Wildman–Crippen MR) is 74.5 cm³/mol. The number of aromatic nitrogens is 1. The summed E-state index contributed by atoms with van der Waals surface area (Å²) in [6.45, 7) is 5.28. The van der Waals surface area contributed by atoms with Crippen LogP contribution in [0.15, 0.2) is 11.2 Å². The van der Waals surface area contributed by atoms with Gasteiger partial charge in [0.25, 0.3) is 0 Å². The van der Waals surface area contributed by atoms with Gasteiger partial charge in [-0.1, -0.05) is 6.92 Å². The van der Waals surface area contributed by atoms with E-state index in [1.807, 2.05) is 13.1 Å². The van der Waals surface area contributed by atoms with Crippen LogP contribution in [-0.4, -0.2) is 31.2 Å². The molecule has 18 heavy (non-hydrogen) atoms. The van der Waals surface area contributed by atoms with Crippen LogP contribution in [-0.2, 0) is 11.2 Å². The van der Waals surface area contributed by atoms with E-state index in [-0.39, 0.29) is 6.04 Å². The van der Waals surface area contributed by atoms with E-state index in [4.69, 9.17) is 10.6 Å². The zero-order chi connectivity index (χ0) is 13.4. The lowest BCUT2D eigenvalue weighted by Crippen LogP contribution is -2.42. The molecule has 6 nitrogen and oxygen atoms in total. The first-order valence-electron chi connectivity index (χ1n) is 5.92. The molecule has 7 heteroatoms. The summed E-state index contributed by atoms with van der Waals surface area (Å²) in [4.78, 5) is 9.90. The molecule has 0 aliphatic heterocycles. The largest absolute Gasteiger partial charge is 0.383 e. The lowest BCUT2D eigenvalue weighted by molar-refractivity contribution is 0.208. The Morgan fingerprint density at radius 2 is 2.44 bits per heavy atom. The second kappa shape index (κ2) is 8.02.